The van der Waals surface area contributed by atoms with Crippen LogP contribution in [-0.2, 0) is 6.61 Å². The standard InChI is InChI=1S/C27H22BrN3O6/c1-35-24-12-17(6-11-23(32)18-7-9-20(28)10-8-18)13-25(36-2)26(24)37-16-21-15-31(30-29-21)22-5-3-4-19(14-22)27(33)34/h3-15H,16H2,1-2H3,(H,33,34)/b11-6+. The van der Waals surface area contributed by atoms with E-state index in [9.17, 15) is 14.7 Å². The van der Waals surface area contributed by atoms with E-state index >= 15 is 0 Å². The quantitative estimate of drug-likeness (QED) is 0.206. The van der Waals surface area contributed by atoms with E-state index < -0.39 is 5.97 Å². The lowest BCUT2D eigenvalue weighted by Gasteiger charge is -2.14. The van der Waals surface area contributed by atoms with Crippen LogP contribution in [0.5, 0.6) is 17.2 Å². The summed E-state index contributed by atoms with van der Waals surface area (Å²) in [6.45, 7) is 0.0581. The fourth-order valence-corrected chi connectivity index (χ4v) is 3.70. The Morgan fingerprint density at radius 1 is 1.00 bits per heavy atom. The summed E-state index contributed by atoms with van der Waals surface area (Å²) in [4.78, 5) is 23.7. The molecule has 0 fully saturated rings. The van der Waals surface area contributed by atoms with Gasteiger partial charge in [0.15, 0.2) is 17.3 Å². The van der Waals surface area contributed by atoms with Gasteiger partial charge in [0.2, 0.25) is 5.75 Å². The van der Waals surface area contributed by atoms with Gasteiger partial charge in [-0.15, -0.1) is 5.10 Å². The number of carbonyl (C=O) groups excluding carboxylic acids is 1. The zero-order chi connectivity index (χ0) is 26.4. The molecule has 0 aliphatic carbocycles. The fourth-order valence-electron chi connectivity index (χ4n) is 3.44. The van der Waals surface area contributed by atoms with Crippen molar-refractivity contribution >= 4 is 33.8 Å². The van der Waals surface area contributed by atoms with Crippen LogP contribution in [0.1, 0.15) is 32.0 Å². The van der Waals surface area contributed by atoms with Gasteiger partial charge in [-0.05, 0) is 66.2 Å². The smallest absolute Gasteiger partial charge is 0.335 e. The van der Waals surface area contributed by atoms with Crippen molar-refractivity contribution in [3.63, 3.8) is 0 Å². The maximum absolute atomic E-state index is 12.5. The first kappa shape index (κ1) is 25.6. The highest BCUT2D eigenvalue weighted by Crippen LogP contribution is 2.39. The van der Waals surface area contributed by atoms with Crippen molar-refractivity contribution in [3.05, 3.63) is 99.8 Å². The second-order valence-electron chi connectivity index (χ2n) is 7.76. The number of hydrogen-bond acceptors (Lipinski definition) is 7. The maximum atomic E-state index is 12.5. The number of aromatic nitrogens is 3. The molecule has 0 aliphatic heterocycles. The Morgan fingerprint density at radius 3 is 2.35 bits per heavy atom. The maximum Gasteiger partial charge on any atom is 0.335 e. The molecule has 0 amide bonds. The monoisotopic (exact) mass is 563 g/mol. The van der Waals surface area contributed by atoms with E-state index in [1.54, 1.807) is 48.7 Å². The third-order valence-electron chi connectivity index (χ3n) is 5.30. The van der Waals surface area contributed by atoms with Crippen LogP contribution >= 0.6 is 15.9 Å². The second kappa shape index (κ2) is 11.5. The van der Waals surface area contributed by atoms with E-state index in [0.29, 0.717) is 39.8 Å². The van der Waals surface area contributed by atoms with Crippen LogP contribution in [0.15, 0.2) is 77.4 Å². The molecule has 1 aromatic heterocycles. The minimum absolute atomic E-state index is 0.0581. The van der Waals surface area contributed by atoms with Gasteiger partial charge in [0.25, 0.3) is 0 Å². The summed E-state index contributed by atoms with van der Waals surface area (Å²) in [5.41, 5.74) is 2.47. The summed E-state index contributed by atoms with van der Waals surface area (Å²) in [5, 5.41) is 17.4. The number of benzene rings is 3. The predicted molar refractivity (Wildman–Crippen MR) is 140 cm³/mol. The molecule has 188 valence electrons. The lowest BCUT2D eigenvalue weighted by Crippen LogP contribution is -2.01. The first-order chi connectivity index (χ1) is 17.9. The molecule has 9 nitrogen and oxygen atoms in total. The minimum Gasteiger partial charge on any atom is -0.493 e. The molecule has 0 atom stereocenters. The molecule has 0 saturated heterocycles. The number of methoxy groups -OCH3 is 2. The number of halogens is 1. The van der Waals surface area contributed by atoms with Gasteiger partial charge in [-0.2, -0.15) is 0 Å². The molecule has 4 rings (SSSR count). The molecular weight excluding hydrogens is 542 g/mol. The highest BCUT2D eigenvalue weighted by Gasteiger charge is 2.15. The van der Waals surface area contributed by atoms with Crippen LogP contribution in [0.25, 0.3) is 11.8 Å². The van der Waals surface area contributed by atoms with Crippen molar-refractivity contribution in [2.75, 3.05) is 14.2 Å². The molecule has 0 aliphatic rings. The molecule has 0 saturated carbocycles. The average molecular weight is 564 g/mol. The second-order valence-corrected chi connectivity index (χ2v) is 8.67. The summed E-state index contributed by atoms with van der Waals surface area (Å²) >= 11 is 3.36. The van der Waals surface area contributed by atoms with Gasteiger partial charge in [0.05, 0.1) is 31.7 Å². The summed E-state index contributed by atoms with van der Waals surface area (Å²) in [6.07, 6.45) is 4.80. The molecule has 0 spiro atoms. The molecule has 1 heterocycles. The Morgan fingerprint density at radius 2 is 1.70 bits per heavy atom. The number of carbonyl (C=O) groups is 2. The number of carboxylic acid groups (broad SMARTS) is 1. The zero-order valence-electron chi connectivity index (χ0n) is 19.9. The van der Waals surface area contributed by atoms with Crippen LogP contribution in [0.2, 0.25) is 0 Å². The molecule has 0 unspecified atom stereocenters. The van der Waals surface area contributed by atoms with Gasteiger partial charge in [0.1, 0.15) is 12.3 Å². The minimum atomic E-state index is -1.03. The molecule has 10 heteroatoms. The van der Waals surface area contributed by atoms with Gasteiger partial charge in [-0.1, -0.05) is 33.3 Å². The highest BCUT2D eigenvalue weighted by molar-refractivity contribution is 9.10. The van der Waals surface area contributed by atoms with E-state index in [4.69, 9.17) is 14.2 Å². The van der Waals surface area contributed by atoms with Gasteiger partial charge in [0, 0.05) is 10.0 Å². The van der Waals surface area contributed by atoms with E-state index in [1.165, 1.54) is 37.1 Å². The number of nitrogens with zero attached hydrogens (tertiary/aromatic N) is 3. The van der Waals surface area contributed by atoms with E-state index in [1.807, 2.05) is 12.1 Å². The van der Waals surface area contributed by atoms with Crippen molar-refractivity contribution in [2.24, 2.45) is 0 Å². The zero-order valence-corrected chi connectivity index (χ0v) is 21.5. The van der Waals surface area contributed by atoms with Crippen molar-refractivity contribution in [3.8, 4) is 22.9 Å². The highest BCUT2D eigenvalue weighted by atomic mass is 79.9. The molecule has 3 aromatic carbocycles. The molecule has 4 aromatic rings. The normalized spacial score (nSPS) is 10.9. The molecule has 0 radical (unpaired) electrons. The summed E-state index contributed by atoms with van der Waals surface area (Å²) in [7, 11) is 3.02. The third kappa shape index (κ3) is 6.22. The van der Waals surface area contributed by atoms with Crippen LogP contribution < -0.4 is 14.2 Å². The lowest BCUT2D eigenvalue weighted by atomic mass is 10.1. The van der Waals surface area contributed by atoms with Gasteiger partial charge >= 0.3 is 5.97 Å². The molecule has 0 bridgehead atoms. The topological polar surface area (TPSA) is 113 Å². The Balaban J connectivity index is 1.50. The summed E-state index contributed by atoms with van der Waals surface area (Å²) in [5.74, 6) is 0.0283. The number of aromatic carboxylic acids is 1. The molecular formula is C27H22BrN3O6. The Kier molecular flexibility index (Phi) is 7.99. The summed E-state index contributed by atoms with van der Waals surface area (Å²) in [6, 6.07) is 16.9. The lowest BCUT2D eigenvalue weighted by molar-refractivity contribution is 0.0696. The third-order valence-corrected chi connectivity index (χ3v) is 5.83. The van der Waals surface area contributed by atoms with Gasteiger partial charge in [-0.25, -0.2) is 9.48 Å². The van der Waals surface area contributed by atoms with Crippen LogP contribution in [-0.4, -0.2) is 46.1 Å². The van der Waals surface area contributed by atoms with Crippen LogP contribution in [0.3, 0.4) is 0 Å². The van der Waals surface area contributed by atoms with E-state index in [0.717, 1.165) is 4.47 Å². The summed E-state index contributed by atoms with van der Waals surface area (Å²) < 4.78 is 19.3. The first-order valence-corrected chi connectivity index (χ1v) is 11.8. The van der Waals surface area contributed by atoms with Crippen LogP contribution in [0, 0.1) is 0 Å². The van der Waals surface area contributed by atoms with E-state index in [2.05, 4.69) is 26.2 Å². The molecule has 37 heavy (non-hydrogen) atoms. The van der Waals surface area contributed by atoms with Gasteiger partial charge < -0.3 is 19.3 Å². The number of ether oxygens (including phenoxy) is 3. The Labute approximate surface area is 221 Å². The number of ketones is 1. The Hall–Kier alpha value is -4.44. The van der Waals surface area contributed by atoms with Gasteiger partial charge in [-0.3, -0.25) is 4.79 Å². The van der Waals surface area contributed by atoms with Crippen molar-refractivity contribution < 1.29 is 28.9 Å². The van der Waals surface area contributed by atoms with Crippen LogP contribution in [0.4, 0.5) is 0 Å². The fraction of sp³-hybridized carbons (Fsp3) is 0.111. The predicted octanol–water partition coefficient (Wildman–Crippen LogP) is 5.22. The largest absolute Gasteiger partial charge is 0.493 e. The van der Waals surface area contributed by atoms with E-state index in [-0.39, 0.29) is 18.0 Å². The van der Waals surface area contributed by atoms with Crippen molar-refractivity contribution in [2.45, 2.75) is 6.61 Å². The molecule has 1 N–H and O–H groups in total. The number of hydrogen-bond donors (Lipinski definition) is 1. The number of carboxylic acids is 1. The SMILES string of the molecule is COc1cc(/C=C/C(=O)c2ccc(Br)cc2)cc(OC)c1OCc1cn(-c2cccc(C(=O)O)c2)nn1. The number of rotatable bonds is 10. The average Bonchev–Trinajstić information content (AvgIpc) is 3.40. The van der Waals surface area contributed by atoms with Crippen molar-refractivity contribution in [1.29, 1.82) is 0 Å². The van der Waals surface area contributed by atoms with Crippen molar-refractivity contribution in [1.82, 2.24) is 15.0 Å². The number of allylic oxidation sites excluding steroid dienone is 1. The Bertz CT molecular complexity index is 1440. The first-order valence-electron chi connectivity index (χ1n) is 11.0.